The highest BCUT2D eigenvalue weighted by molar-refractivity contribution is 5.54. The minimum Gasteiger partial charge on any atom is -0.381 e. The highest BCUT2D eigenvalue weighted by atomic mass is 16.5. The topological polar surface area (TPSA) is 66.4 Å². The fourth-order valence-corrected chi connectivity index (χ4v) is 3.70. The lowest BCUT2D eigenvalue weighted by molar-refractivity contribution is 0.193. The Morgan fingerprint density at radius 2 is 1.96 bits per heavy atom. The van der Waals surface area contributed by atoms with Gasteiger partial charge in [0.2, 0.25) is 5.95 Å². The summed E-state index contributed by atoms with van der Waals surface area (Å²) in [6.45, 7) is 7.55. The summed E-state index contributed by atoms with van der Waals surface area (Å²) in [5.41, 5.74) is 3.59. The van der Waals surface area contributed by atoms with Crippen molar-refractivity contribution >= 4 is 17.5 Å². The molecule has 0 aliphatic carbocycles. The number of hydrogen-bond acceptors (Lipinski definition) is 7. The summed E-state index contributed by atoms with van der Waals surface area (Å²) in [4.78, 5) is 18.3. The molecule has 2 aliphatic rings. The molecule has 7 nitrogen and oxygen atoms in total. The van der Waals surface area contributed by atoms with Crippen molar-refractivity contribution in [3.05, 3.63) is 35.8 Å². The maximum atomic E-state index is 5.54. The number of nitrogens with one attached hydrogen (secondary N) is 1. The van der Waals surface area contributed by atoms with Gasteiger partial charge in [0.1, 0.15) is 5.82 Å². The molecule has 1 unspecified atom stereocenters. The van der Waals surface area contributed by atoms with Crippen molar-refractivity contribution in [1.82, 2.24) is 15.0 Å². The van der Waals surface area contributed by atoms with Crippen LogP contribution in [0.1, 0.15) is 23.6 Å². The van der Waals surface area contributed by atoms with E-state index in [1.165, 1.54) is 11.3 Å². The SMILES string of the molecule is CNc1nc(C2CCOC2)cc(N2CCN(c3ccncc3C)CC2)n1. The first-order valence-electron chi connectivity index (χ1n) is 9.29. The van der Waals surface area contributed by atoms with Crippen LogP contribution >= 0.6 is 0 Å². The number of nitrogens with zero attached hydrogens (tertiary/aromatic N) is 5. The number of aromatic nitrogens is 3. The lowest BCUT2D eigenvalue weighted by Gasteiger charge is -2.37. The third-order valence-electron chi connectivity index (χ3n) is 5.24. The van der Waals surface area contributed by atoms with E-state index in [4.69, 9.17) is 9.72 Å². The molecule has 1 atom stereocenters. The van der Waals surface area contributed by atoms with Gasteiger partial charge in [-0.05, 0) is 25.0 Å². The fourth-order valence-electron chi connectivity index (χ4n) is 3.70. The number of ether oxygens (including phenoxy) is 1. The second-order valence-corrected chi connectivity index (χ2v) is 6.92. The molecule has 2 aromatic heterocycles. The van der Waals surface area contributed by atoms with Crippen molar-refractivity contribution in [2.75, 3.05) is 61.6 Å². The Balaban J connectivity index is 1.50. The van der Waals surface area contributed by atoms with Gasteiger partial charge in [0.05, 0.1) is 12.3 Å². The number of rotatable bonds is 4. The number of anilines is 3. The monoisotopic (exact) mass is 354 g/mol. The minimum absolute atomic E-state index is 0.379. The van der Waals surface area contributed by atoms with Crippen molar-refractivity contribution in [3.8, 4) is 0 Å². The largest absolute Gasteiger partial charge is 0.381 e. The van der Waals surface area contributed by atoms with E-state index in [0.29, 0.717) is 11.9 Å². The van der Waals surface area contributed by atoms with Crippen molar-refractivity contribution in [2.24, 2.45) is 0 Å². The predicted octanol–water partition coefficient (Wildman–Crippen LogP) is 2.05. The Hall–Kier alpha value is -2.41. The van der Waals surface area contributed by atoms with Crippen LogP contribution in [0.25, 0.3) is 0 Å². The van der Waals surface area contributed by atoms with Gasteiger partial charge in [0.25, 0.3) is 0 Å². The normalized spacial score (nSPS) is 20.5. The molecule has 26 heavy (non-hydrogen) atoms. The second kappa shape index (κ2) is 7.45. The second-order valence-electron chi connectivity index (χ2n) is 6.92. The van der Waals surface area contributed by atoms with Crippen molar-refractivity contribution in [2.45, 2.75) is 19.3 Å². The summed E-state index contributed by atoms with van der Waals surface area (Å²) in [7, 11) is 1.87. The maximum absolute atomic E-state index is 5.54. The molecule has 1 N–H and O–H groups in total. The van der Waals surface area contributed by atoms with Gasteiger partial charge in [-0.25, -0.2) is 4.98 Å². The molecule has 0 saturated carbocycles. The number of pyridine rings is 1. The first-order chi connectivity index (χ1) is 12.7. The quantitative estimate of drug-likeness (QED) is 0.901. The van der Waals surface area contributed by atoms with Crippen LogP contribution in [-0.2, 0) is 4.74 Å². The first kappa shape index (κ1) is 17.0. The number of aryl methyl sites for hydroxylation is 1. The summed E-state index contributed by atoms with van der Waals surface area (Å²) < 4.78 is 5.54. The zero-order chi connectivity index (χ0) is 17.9. The van der Waals surface area contributed by atoms with E-state index in [9.17, 15) is 0 Å². The van der Waals surface area contributed by atoms with Crippen LogP contribution < -0.4 is 15.1 Å². The summed E-state index contributed by atoms with van der Waals surface area (Å²) >= 11 is 0. The summed E-state index contributed by atoms with van der Waals surface area (Å²) in [5, 5.41) is 3.11. The third kappa shape index (κ3) is 3.44. The van der Waals surface area contributed by atoms with Gasteiger partial charge in [-0.2, -0.15) is 4.98 Å². The summed E-state index contributed by atoms with van der Waals surface area (Å²) in [6, 6.07) is 4.25. The third-order valence-corrected chi connectivity index (χ3v) is 5.24. The lowest BCUT2D eigenvalue weighted by atomic mass is 10.0. The van der Waals surface area contributed by atoms with Gasteiger partial charge < -0.3 is 19.9 Å². The molecule has 2 aliphatic heterocycles. The van der Waals surface area contributed by atoms with E-state index in [0.717, 1.165) is 57.3 Å². The van der Waals surface area contributed by atoms with E-state index >= 15 is 0 Å². The smallest absolute Gasteiger partial charge is 0.224 e. The molecular weight excluding hydrogens is 328 g/mol. The maximum Gasteiger partial charge on any atom is 0.224 e. The molecule has 0 aromatic carbocycles. The van der Waals surface area contributed by atoms with Gasteiger partial charge in [0, 0.05) is 69.9 Å². The Morgan fingerprint density at radius 3 is 2.65 bits per heavy atom. The lowest BCUT2D eigenvalue weighted by Crippen LogP contribution is -2.47. The first-order valence-corrected chi connectivity index (χ1v) is 9.29. The van der Waals surface area contributed by atoms with Crippen LogP contribution in [0.5, 0.6) is 0 Å². The highest BCUT2D eigenvalue weighted by Gasteiger charge is 2.24. The summed E-state index contributed by atoms with van der Waals surface area (Å²) in [6.07, 6.45) is 4.84. The number of piperazine rings is 1. The average Bonchev–Trinajstić information content (AvgIpc) is 3.23. The van der Waals surface area contributed by atoms with E-state index in [-0.39, 0.29) is 0 Å². The van der Waals surface area contributed by atoms with E-state index in [1.54, 1.807) is 0 Å². The van der Waals surface area contributed by atoms with Gasteiger partial charge in [-0.3, -0.25) is 4.98 Å². The molecule has 7 heteroatoms. The van der Waals surface area contributed by atoms with Crippen molar-refractivity contribution in [1.29, 1.82) is 0 Å². The zero-order valence-electron chi connectivity index (χ0n) is 15.5. The molecule has 2 aromatic rings. The highest BCUT2D eigenvalue weighted by Crippen LogP contribution is 2.28. The zero-order valence-corrected chi connectivity index (χ0v) is 15.5. The Bertz CT molecular complexity index is 753. The van der Waals surface area contributed by atoms with Gasteiger partial charge in [-0.1, -0.05) is 0 Å². The Labute approximate surface area is 154 Å². The van der Waals surface area contributed by atoms with Crippen LogP contribution in [0.3, 0.4) is 0 Å². The minimum atomic E-state index is 0.379. The molecule has 0 spiro atoms. The van der Waals surface area contributed by atoms with E-state index < -0.39 is 0 Å². The Morgan fingerprint density at radius 1 is 1.15 bits per heavy atom. The molecule has 4 rings (SSSR count). The van der Waals surface area contributed by atoms with Gasteiger partial charge in [-0.15, -0.1) is 0 Å². The van der Waals surface area contributed by atoms with Crippen LogP contribution in [0.4, 0.5) is 17.5 Å². The molecule has 2 saturated heterocycles. The number of hydrogen-bond donors (Lipinski definition) is 1. The molecule has 0 bridgehead atoms. The Kier molecular flexibility index (Phi) is 4.88. The standard InChI is InChI=1S/C19H26N6O/c1-14-12-21-5-3-17(14)24-6-8-25(9-7-24)18-11-16(15-4-10-26-13-15)22-19(20-2)23-18/h3,5,11-12,15H,4,6-10,13H2,1-2H3,(H,20,22,23). The molecule has 138 valence electrons. The van der Waals surface area contributed by atoms with Crippen LogP contribution in [0.15, 0.2) is 24.5 Å². The fraction of sp³-hybridized carbons (Fsp3) is 0.526. The van der Waals surface area contributed by atoms with Crippen molar-refractivity contribution < 1.29 is 4.74 Å². The summed E-state index contributed by atoms with van der Waals surface area (Å²) in [5.74, 6) is 2.08. The molecule has 4 heterocycles. The van der Waals surface area contributed by atoms with E-state index in [1.807, 2.05) is 19.4 Å². The van der Waals surface area contributed by atoms with Gasteiger partial charge in [0.15, 0.2) is 0 Å². The van der Waals surface area contributed by atoms with Crippen LogP contribution in [-0.4, -0.2) is 61.4 Å². The molecule has 2 fully saturated rings. The van der Waals surface area contributed by atoms with Crippen molar-refractivity contribution in [3.63, 3.8) is 0 Å². The van der Waals surface area contributed by atoms with Crippen LogP contribution in [0.2, 0.25) is 0 Å². The average molecular weight is 354 g/mol. The molecule has 0 amide bonds. The molecule has 0 radical (unpaired) electrons. The predicted molar refractivity (Wildman–Crippen MR) is 103 cm³/mol. The molecular formula is C19H26N6O. The van der Waals surface area contributed by atoms with Gasteiger partial charge >= 0.3 is 0 Å². The van der Waals surface area contributed by atoms with E-state index in [2.05, 4.69) is 44.1 Å². The van der Waals surface area contributed by atoms with Crippen LogP contribution in [0, 0.1) is 6.92 Å².